The molecular weight excluding hydrogens is 224 g/mol. The van der Waals surface area contributed by atoms with Crippen molar-refractivity contribution in [3.05, 3.63) is 0 Å². The van der Waals surface area contributed by atoms with Gasteiger partial charge in [-0.3, -0.25) is 0 Å². The Kier molecular flexibility index (Phi) is 4.38. The van der Waals surface area contributed by atoms with E-state index in [-0.39, 0.29) is 12.5 Å². The van der Waals surface area contributed by atoms with Gasteiger partial charge in [0.15, 0.2) is 0 Å². The van der Waals surface area contributed by atoms with E-state index in [1.807, 2.05) is 0 Å². The summed E-state index contributed by atoms with van der Waals surface area (Å²) in [6, 6.07) is 0. The fraction of sp³-hybridized carbons (Fsp3) is 1.00. The fourth-order valence-corrected chi connectivity index (χ4v) is 2.98. The van der Waals surface area contributed by atoms with Crippen LogP contribution in [0.25, 0.3) is 0 Å². The largest absolute Gasteiger partial charge is 0.394 e. The number of aliphatic hydroxyl groups excluding tert-OH is 4. The molecule has 1 heterocycles. The van der Waals surface area contributed by atoms with Crippen molar-refractivity contribution in [1.29, 1.82) is 0 Å². The minimum atomic E-state index is -1.23. The molecule has 100 valence electrons. The van der Waals surface area contributed by atoms with Crippen LogP contribution in [-0.2, 0) is 4.74 Å². The van der Waals surface area contributed by atoms with Gasteiger partial charge in [-0.1, -0.05) is 19.3 Å². The van der Waals surface area contributed by atoms with Crippen LogP contribution in [0.3, 0.4) is 0 Å². The average molecular weight is 246 g/mol. The summed E-state index contributed by atoms with van der Waals surface area (Å²) in [6.45, 7) is -0.339. The Balaban J connectivity index is 2.04. The number of aliphatic hydroxyl groups is 4. The Morgan fingerprint density at radius 1 is 0.882 bits per heavy atom. The van der Waals surface area contributed by atoms with Crippen molar-refractivity contribution < 1.29 is 25.2 Å². The molecule has 5 heteroatoms. The fourth-order valence-electron chi connectivity index (χ4n) is 2.98. The van der Waals surface area contributed by atoms with Crippen molar-refractivity contribution in [1.82, 2.24) is 0 Å². The van der Waals surface area contributed by atoms with Gasteiger partial charge in [0.2, 0.25) is 0 Å². The quantitative estimate of drug-likeness (QED) is 0.523. The second-order valence-electron chi connectivity index (χ2n) is 5.19. The molecule has 0 aromatic carbocycles. The van der Waals surface area contributed by atoms with Gasteiger partial charge in [0.05, 0.1) is 12.7 Å². The lowest BCUT2D eigenvalue weighted by Gasteiger charge is -2.44. The molecule has 2 aliphatic rings. The van der Waals surface area contributed by atoms with Crippen molar-refractivity contribution in [2.24, 2.45) is 5.92 Å². The molecule has 0 amide bonds. The van der Waals surface area contributed by atoms with Crippen LogP contribution in [0.4, 0.5) is 0 Å². The molecule has 5 nitrogen and oxygen atoms in total. The highest BCUT2D eigenvalue weighted by Gasteiger charge is 2.46. The van der Waals surface area contributed by atoms with E-state index in [9.17, 15) is 15.3 Å². The van der Waals surface area contributed by atoms with Gasteiger partial charge in [-0.25, -0.2) is 0 Å². The Morgan fingerprint density at radius 2 is 1.53 bits per heavy atom. The van der Waals surface area contributed by atoms with E-state index >= 15 is 0 Å². The maximum absolute atomic E-state index is 9.96. The first-order valence-corrected chi connectivity index (χ1v) is 6.45. The summed E-state index contributed by atoms with van der Waals surface area (Å²) in [5, 5.41) is 38.4. The summed E-state index contributed by atoms with van der Waals surface area (Å²) in [5.41, 5.74) is 0. The van der Waals surface area contributed by atoms with Crippen molar-refractivity contribution in [3.8, 4) is 0 Å². The molecule has 0 aromatic heterocycles. The third-order valence-corrected chi connectivity index (χ3v) is 4.04. The van der Waals surface area contributed by atoms with Gasteiger partial charge in [-0.05, 0) is 18.8 Å². The van der Waals surface area contributed by atoms with Gasteiger partial charge < -0.3 is 25.2 Å². The van der Waals surface area contributed by atoms with Gasteiger partial charge in [-0.15, -0.1) is 0 Å². The lowest BCUT2D eigenvalue weighted by Crippen LogP contribution is -2.60. The molecule has 1 unspecified atom stereocenters. The summed E-state index contributed by atoms with van der Waals surface area (Å²) in [5.74, 6) is 0.218. The topological polar surface area (TPSA) is 90.2 Å². The predicted molar refractivity (Wildman–Crippen MR) is 60.3 cm³/mol. The third kappa shape index (κ3) is 2.63. The van der Waals surface area contributed by atoms with Crippen LogP contribution < -0.4 is 0 Å². The molecule has 1 saturated heterocycles. The standard InChI is InChI=1S/C12H22O5/c13-6-8-9(14)10(15)11(16)12(17-8)7-4-2-1-3-5-7/h7-16H,1-6H2/t8-,9-,10+,11-,12?/m1/s1. The molecule has 0 bridgehead atoms. The van der Waals surface area contributed by atoms with Gasteiger partial charge in [-0.2, -0.15) is 0 Å². The summed E-state index contributed by atoms with van der Waals surface area (Å²) in [7, 11) is 0. The lowest BCUT2D eigenvalue weighted by atomic mass is 9.80. The SMILES string of the molecule is OC[C@H]1OC(C2CCCCC2)[C@H](O)[C@@H](O)[C@@H]1O. The van der Waals surface area contributed by atoms with E-state index in [1.165, 1.54) is 6.42 Å². The van der Waals surface area contributed by atoms with E-state index < -0.39 is 30.5 Å². The van der Waals surface area contributed by atoms with Crippen LogP contribution in [0.5, 0.6) is 0 Å². The highest BCUT2D eigenvalue weighted by atomic mass is 16.5. The van der Waals surface area contributed by atoms with E-state index in [0.717, 1.165) is 25.7 Å². The van der Waals surface area contributed by atoms with Crippen LogP contribution in [0.2, 0.25) is 0 Å². The number of hydrogen-bond acceptors (Lipinski definition) is 5. The Morgan fingerprint density at radius 3 is 2.12 bits per heavy atom. The molecule has 1 aliphatic heterocycles. The van der Waals surface area contributed by atoms with Gasteiger partial charge in [0, 0.05) is 0 Å². The monoisotopic (exact) mass is 246 g/mol. The van der Waals surface area contributed by atoms with E-state index in [2.05, 4.69) is 0 Å². The molecule has 17 heavy (non-hydrogen) atoms. The highest BCUT2D eigenvalue weighted by Crippen LogP contribution is 2.34. The van der Waals surface area contributed by atoms with E-state index in [4.69, 9.17) is 9.84 Å². The minimum Gasteiger partial charge on any atom is -0.394 e. The van der Waals surface area contributed by atoms with E-state index in [0.29, 0.717) is 0 Å². The average Bonchev–Trinajstić information content (AvgIpc) is 2.37. The molecule has 2 fully saturated rings. The normalized spacial score (nSPS) is 44.8. The highest BCUT2D eigenvalue weighted by molar-refractivity contribution is 4.94. The van der Waals surface area contributed by atoms with Gasteiger partial charge in [0.1, 0.15) is 24.4 Å². The second-order valence-corrected chi connectivity index (χ2v) is 5.19. The molecule has 0 aromatic rings. The molecule has 0 spiro atoms. The number of ether oxygens (including phenoxy) is 1. The zero-order valence-electron chi connectivity index (χ0n) is 9.90. The molecule has 0 radical (unpaired) electrons. The molecule has 5 atom stereocenters. The predicted octanol–water partition coefficient (Wildman–Crippen LogP) is -0.591. The summed E-state index contributed by atoms with van der Waals surface area (Å²) in [4.78, 5) is 0. The van der Waals surface area contributed by atoms with E-state index in [1.54, 1.807) is 0 Å². The van der Waals surface area contributed by atoms with Gasteiger partial charge >= 0.3 is 0 Å². The van der Waals surface area contributed by atoms with Crippen LogP contribution in [0.1, 0.15) is 32.1 Å². The third-order valence-electron chi connectivity index (χ3n) is 4.04. The lowest BCUT2D eigenvalue weighted by molar-refractivity contribution is -0.243. The minimum absolute atomic E-state index is 0.218. The first-order chi connectivity index (χ1) is 8.15. The summed E-state index contributed by atoms with van der Waals surface area (Å²) in [6.07, 6.45) is 0.614. The van der Waals surface area contributed by atoms with Gasteiger partial charge in [0.25, 0.3) is 0 Å². The number of rotatable bonds is 2. The zero-order valence-corrected chi connectivity index (χ0v) is 9.90. The first-order valence-electron chi connectivity index (χ1n) is 6.45. The second kappa shape index (κ2) is 5.63. The Hall–Kier alpha value is -0.200. The molecule has 2 rings (SSSR count). The molecule has 1 aliphatic carbocycles. The van der Waals surface area contributed by atoms with Crippen LogP contribution in [0.15, 0.2) is 0 Å². The zero-order chi connectivity index (χ0) is 12.4. The Bertz CT molecular complexity index is 237. The smallest absolute Gasteiger partial charge is 0.111 e. The summed E-state index contributed by atoms with van der Waals surface area (Å²) >= 11 is 0. The van der Waals surface area contributed by atoms with Crippen LogP contribution in [-0.4, -0.2) is 57.6 Å². The maximum atomic E-state index is 9.96. The molecular formula is C12H22O5. The van der Waals surface area contributed by atoms with Crippen molar-refractivity contribution in [2.45, 2.75) is 62.6 Å². The van der Waals surface area contributed by atoms with Crippen molar-refractivity contribution in [2.75, 3.05) is 6.61 Å². The molecule has 4 N–H and O–H groups in total. The maximum Gasteiger partial charge on any atom is 0.111 e. The number of hydrogen-bond donors (Lipinski definition) is 4. The van der Waals surface area contributed by atoms with Crippen molar-refractivity contribution >= 4 is 0 Å². The molecule has 1 saturated carbocycles. The Labute approximate surface area is 101 Å². The first kappa shape index (κ1) is 13.2. The van der Waals surface area contributed by atoms with Crippen LogP contribution in [0, 0.1) is 5.92 Å². The van der Waals surface area contributed by atoms with Crippen LogP contribution >= 0.6 is 0 Å². The van der Waals surface area contributed by atoms with Crippen molar-refractivity contribution in [3.63, 3.8) is 0 Å². The summed E-state index contributed by atoms with van der Waals surface area (Å²) < 4.78 is 5.56.